The summed E-state index contributed by atoms with van der Waals surface area (Å²) in [6.45, 7) is 2.00. The van der Waals surface area contributed by atoms with Crippen molar-refractivity contribution in [2.75, 3.05) is 17.7 Å². The predicted octanol–water partition coefficient (Wildman–Crippen LogP) is 4.11. The number of nitrogens with zero attached hydrogens (tertiary/aromatic N) is 1. The van der Waals surface area contributed by atoms with Crippen LogP contribution in [0.25, 0.3) is 0 Å². The molecule has 0 radical (unpaired) electrons. The zero-order chi connectivity index (χ0) is 23.1. The van der Waals surface area contributed by atoms with E-state index in [9.17, 15) is 18.0 Å². The maximum absolute atomic E-state index is 12.8. The second-order valence-electron chi connectivity index (χ2n) is 7.21. The Hall–Kier alpha value is -3.49. The van der Waals surface area contributed by atoms with Crippen molar-refractivity contribution in [3.63, 3.8) is 0 Å². The quantitative estimate of drug-likeness (QED) is 0.539. The molecule has 3 aromatic carbocycles. The molecule has 0 saturated heterocycles. The minimum Gasteiger partial charge on any atom is -0.326 e. The average Bonchev–Trinajstić information content (AvgIpc) is 2.80. The first kappa shape index (κ1) is 23.2. The van der Waals surface area contributed by atoms with Gasteiger partial charge in [0.15, 0.2) is 0 Å². The van der Waals surface area contributed by atoms with E-state index < -0.39 is 10.0 Å². The number of anilines is 2. The molecule has 7 nitrogen and oxygen atoms in total. The van der Waals surface area contributed by atoms with E-state index in [-0.39, 0.29) is 23.3 Å². The molecule has 0 unspecified atom stereocenters. The number of sulfonamides is 1. The second kappa shape index (κ2) is 10.2. The minimum absolute atomic E-state index is 0.137. The first-order chi connectivity index (χ1) is 15.3. The third kappa shape index (κ3) is 5.81. The van der Waals surface area contributed by atoms with Crippen molar-refractivity contribution in [3.05, 3.63) is 90.0 Å². The van der Waals surface area contributed by atoms with E-state index in [1.165, 1.54) is 23.5 Å². The Balaban J connectivity index is 1.68. The van der Waals surface area contributed by atoms with Gasteiger partial charge in [0.05, 0.1) is 4.90 Å². The number of benzene rings is 3. The second-order valence-corrected chi connectivity index (χ2v) is 9.25. The molecule has 32 heavy (non-hydrogen) atoms. The SMILES string of the molecule is CCC(=O)Nc1cccc(C(=O)Nc2ccc(S(=O)(=O)N(C)Cc3ccccc3)cc2)c1. The molecule has 0 atom stereocenters. The number of carbonyl (C=O) groups excluding carboxylic acids is 2. The first-order valence-electron chi connectivity index (χ1n) is 10.1. The number of amides is 2. The van der Waals surface area contributed by atoms with E-state index in [4.69, 9.17) is 0 Å². The summed E-state index contributed by atoms with van der Waals surface area (Å²) < 4.78 is 27.0. The van der Waals surface area contributed by atoms with Crippen molar-refractivity contribution in [2.24, 2.45) is 0 Å². The topological polar surface area (TPSA) is 95.6 Å². The molecule has 0 aromatic heterocycles. The van der Waals surface area contributed by atoms with E-state index in [0.29, 0.717) is 23.4 Å². The number of hydrogen-bond donors (Lipinski definition) is 2. The molecule has 2 N–H and O–H groups in total. The van der Waals surface area contributed by atoms with Crippen molar-refractivity contribution < 1.29 is 18.0 Å². The molecular weight excluding hydrogens is 426 g/mol. The van der Waals surface area contributed by atoms with E-state index in [1.807, 2.05) is 30.3 Å². The molecule has 166 valence electrons. The molecule has 0 aliphatic heterocycles. The lowest BCUT2D eigenvalue weighted by Gasteiger charge is -2.17. The number of rotatable bonds is 8. The molecule has 0 aliphatic rings. The van der Waals surface area contributed by atoms with E-state index in [1.54, 1.807) is 43.3 Å². The van der Waals surface area contributed by atoms with Crippen molar-refractivity contribution in [2.45, 2.75) is 24.8 Å². The van der Waals surface area contributed by atoms with Crippen LogP contribution in [0.3, 0.4) is 0 Å². The number of carbonyl (C=O) groups is 2. The lowest BCUT2D eigenvalue weighted by atomic mass is 10.1. The van der Waals surface area contributed by atoms with Gasteiger partial charge in [-0.05, 0) is 48.0 Å². The fourth-order valence-corrected chi connectivity index (χ4v) is 4.17. The van der Waals surface area contributed by atoms with Gasteiger partial charge in [-0.25, -0.2) is 8.42 Å². The highest BCUT2D eigenvalue weighted by Gasteiger charge is 2.21. The predicted molar refractivity (Wildman–Crippen MR) is 125 cm³/mol. The Labute approximate surface area is 188 Å². The highest BCUT2D eigenvalue weighted by atomic mass is 32.2. The smallest absolute Gasteiger partial charge is 0.255 e. The third-order valence-corrected chi connectivity index (χ3v) is 6.62. The van der Waals surface area contributed by atoms with Gasteiger partial charge >= 0.3 is 0 Å². The number of hydrogen-bond acceptors (Lipinski definition) is 4. The molecule has 0 heterocycles. The summed E-state index contributed by atoms with van der Waals surface area (Å²) in [7, 11) is -2.14. The van der Waals surface area contributed by atoms with Crippen LogP contribution < -0.4 is 10.6 Å². The summed E-state index contributed by atoms with van der Waals surface area (Å²) in [5.41, 5.74) is 2.26. The molecule has 3 aromatic rings. The van der Waals surface area contributed by atoms with Crippen LogP contribution in [-0.2, 0) is 21.4 Å². The molecule has 3 rings (SSSR count). The molecule has 8 heteroatoms. The fraction of sp³-hybridized carbons (Fsp3) is 0.167. The van der Waals surface area contributed by atoms with Gasteiger partial charge in [-0.3, -0.25) is 9.59 Å². The molecule has 2 amide bonds. The molecular formula is C24H25N3O4S. The van der Waals surface area contributed by atoms with E-state index in [2.05, 4.69) is 10.6 Å². The average molecular weight is 452 g/mol. The lowest BCUT2D eigenvalue weighted by Crippen LogP contribution is -2.26. The van der Waals surface area contributed by atoms with Crippen LogP contribution in [0.1, 0.15) is 29.3 Å². The van der Waals surface area contributed by atoms with Gasteiger partial charge in [-0.2, -0.15) is 4.31 Å². The highest BCUT2D eigenvalue weighted by molar-refractivity contribution is 7.89. The molecule has 0 spiro atoms. The van der Waals surface area contributed by atoms with Crippen molar-refractivity contribution >= 4 is 33.2 Å². The maximum atomic E-state index is 12.8. The third-order valence-electron chi connectivity index (χ3n) is 4.80. The monoisotopic (exact) mass is 451 g/mol. The summed E-state index contributed by atoms with van der Waals surface area (Å²) in [6.07, 6.45) is 0.340. The van der Waals surface area contributed by atoms with Gasteiger partial charge in [0.1, 0.15) is 0 Å². The van der Waals surface area contributed by atoms with Gasteiger partial charge in [0.2, 0.25) is 15.9 Å². The summed E-state index contributed by atoms with van der Waals surface area (Å²) in [4.78, 5) is 24.3. The molecule has 0 saturated carbocycles. The minimum atomic E-state index is -3.67. The summed E-state index contributed by atoms with van der Waals surface area (Å²) >= 11 is 0. The summed E-state index contributed by atoms with van der Waals surface area (Å²) in [6, 6.07) is 22.0. The standard InChI is InChI=1S/C24H25N3O4S/c1-3-23(28)25-21-11-7-10-19(16-21)24(29)26-20-12-14-22(15-13-20)32(30,31)27(2)17-18-8-5-4-6-9-18/h4-16H,3,17H2,1-2H3,(H,25,28)(H,26,29). The van der Waals surface area contributed by atoms with Crippen LogP contribution in [0.15, 0.2) is 83.8 Å². The zero-order valence-corrected chi connectivity index (χ0v) is 18.7. The zero-order valence-electron chi connectivity index (χ0n) is 17.9. The van der Waals surface area contributed by atoms with Crippen molar-refractivity contribution in [1.82, 2.24) is 4.31 Å². The van der Waals surface area contributed by atoms with Gasteiger partial charge in [-0.15, -0.1) is 0 Å². The first-order valence-corrected chi connectivity index (χ1v) is 11.5. The van der Waals surface area contributed by atoms with Gasteiger partial charge in [0, 0.05) is 37.0 Å². The van der Waals surface area contributed by atoms with Gasteiger partial charge < -0.3 is 10.6 Å². The van der Waals surface area contributed by atoms with Crippen LogP contribution >= 0.6 is 0 Å². The normalized spacial score (nSPS) is 11.2. The van der Waals surface area contributed by atoms with Crippen LogP contribution in [0, 0.1) is 0 Å². The van der Waals surface area contributed by atoms with Crippen molar-refractivity contribution in [3.8, 4) is 0 Å². The maximum Gasteiger partial charge on any atom is 0.255 e. The molecule has 0 fully saturated rings. The highest BCUT2D eigenvalue weighted by Crippen LogP contribution is 2.20. The largest absolute Gasteiger partial charge is 0.326 e. The molecule has 0 aliphatic carbocycles. The van der Waals surface area contributed by atoms with Gasteiger partial charge in [0.25, 0.3) is 5.91 Å². The van der Waals surface area contributed by atoms with Crippen molar-refractivity contribution in [1.29, 1.82) is 0 Å². The Morgan fingerprint density at radius 1 is 0.844 bits per heavy atom. The van der Waals surface area contributed by atoms with Gasteiger partial charge in [-0.1, -0.05) is 43.3 Å². The Morgan fingerprint density at radius 2 is 1.53 bits per heavy atom. The Bertz CT molecular complexity index is 1190. The van der Waals surface area contributed by atoms with E-state index in [0.717, 1.165) is 5.56 Å². The van der Waals surface area contributed by atoms with Crippen LogP contribution in [0.5, 0.6) is 0 Å². The summed E-state index contributed by atoms with van der Waals surface area (Å²) in [5, 5.41) is 5.45. The Kier molecular flexibility index (Phi) is 7.40. The van der Waals surface area contributed by atoms with Crippen LogP contribution in [0.2, 0.25) is 0 Å². The number of nitrogens with one attached hydrogen (secondary N) is 2. The van der Waals surface area contributed by atoms with E-state index >= 15 is 0 Å². The fourth-order valence-electron chi connectivity index (χ4n) is 3.01. The molecule has 0 bridgehead atoms. The van der Waals surface area contributed by atoms with Crippen LogP contribution in [0.4, 0.5) is 11.4 Å². The summed E-state index contributed by atoms with van der Waals surface area (Å²) in [5.74, 6) is -0.508. The van der Waals surface area contributed by atoms with Crippen LogP contribution in [-0.4, -0.2) is 31.6 Å². The Morgan fingerprint density at radius 3 is 2.19 bits per heavy atom. The lowest BCUT2D eigenvalue weighted by molar-refractivity contribution is -0.115.